The minimum Gasteiger partial charge on any atom is -0.460 e. The maximum absolute atomic E-state index is 11.2. The number of ether oxygens (including phenoxy) is 1. The number of nitrogens with two attached hydrogens (primary N) is 1. The summed E-state index contributed by atoms with van der Waals surface area (Å²) in [4.78, 5) is 11.2. The highest BCUT2D eigenvalue weighted by molar-refractivity contribution is 5.70. The van der Waals surface area contributed by atoms with Gasteiger partial charge in [0.1, 0.15) is 5.60 Å². The first-order valence-electron chi connectivity index (χ1n) is 4.27. The first-order chi connectivity index (χ1) is 5.35. The summed E-state index contributed by atoms with van der Waals surface area (Å²) in [7, 11) is 0. The second-order valence-electron chi connectivity index (χ2n) is 4.13. The Morgan fingerprint density at radius 2 is 2.00 bits per heavy atom. The molecule has 0 rings (SSSR count). The zero-order valence-electron chi connectivity index (χ0n) is 8.39. The van der Waals surface area contributed by atoms with Gasteiger partial charge in [0, 0.05) is 6.42 Å². The molecule has 0 fully saturated rings. The van der Waals surface area contributed by atoms with E-state index in [-0.39, 0.29) is 17.5 Å². The topological polar surface area (TPSA) is 52.3 Å². The zero-order valence-corrected chi connectivity index (χ0v) is 8.39. The molecule has 1 unspecified atom stereocenters. The molecular weight excluding hydrogens is 154 g/mol. The summed E-state index contributed by atoms with van der Waals surface area (Å²) in [6.45, 7) is 8.04. The fraction of sp³-hybridized carbons (Fsp3) is 0.889. The minimum atomic E-state index is -0.384. The van der Waals surface area contributed by atoms with Crippen molar-refractivity contribution in [2.45, 2.75) is 39.7 Å². The van der Waals surface area contributed by atoms with Crippen molar-refractivity contribution < 1.29 is 9.53 Å². The van der Waals surface area contributed by atoms with E-state index in [1.165, 1.54) is 0 Å². The maximum atomic E-state index is 11.2. The van der Waals surface area contributed by atoms with Crippen LogP contribution in [0.5, 0.6) is 0 Å². The highest BCUT2D eigenvalue weighted by Gasteiger charge is 2.17. The van der Waals surface area contributed by atoms with Crippen molar-refractivity contribution in [2.24, 2.45) is 11.7 Å². The van der Waals surface area contributed by atoms with E-state index in [1.54, 1.807) is 0 Å². The molecule has 1 atom stereocenters. The highest BCUT2D eigenvalue weighted by Crippen LogP contribution is 2.10. The van der Waals surface area contributed by atoms with Crippen LogP contribution in [-0.4, -0.2) is 18.1 Å². The van der Waals surface area contributed by atoms with E-state index < -0.39 is 0 Å². The summed E-state index contributed by atoms with van der Waals surface area (Å²) in [5, 5.41) is 0. The van der Waals surface area contributed by atoms with E-state index in [0.29, 0.717) is 13.0 Å². The summed E-state index contributed by atoms with van der Waals surface area (Å²) in [5.74, 6) is 0.0419. The highest BCUT2D eigenvalue weighted by atomic mass is 16.6. The molecule has 12 heavy (non-hydrogen) atoms. The molecule has 0 spiro atoms. The molecule has 0 aliphatic carbocycles. The molecule has 3 nitrogen and oxygen atoms in total. The Bertz CT molecular complexity index is 149. The lowest BCUT2D eigenvalue weighted by atomic mass is 10.1. The molecule has 0 aliphatic heterocycles. The van der Waals surface area contributed by atoms with Crippen LogP contribution in [0.15, 0.2) is 0 Å². The Balaban J connectivity index is 3.75. The van der Waals surface area contributed by atoms with Crippen molar-refractivity contribution in [3.05, 3.63) is 0 Å². The lowest BCUT2D eigenvalue weighted by molar-refractivity contribution is -0.155. The molecule has 0 aromatic rings. The summed E-state index contributed by atoms with van der Waals surface area (Å²) < 4.78 is 5.12. The Morgan fingerprint density at radius 3 is 2.33 bits per heavy atom. The van der Waals surface area contributed by atoms with E-state index >= 15 is 0 Å². The second kappa shape index (κ2) is 4.45. The van der Waals surface area contributed by atoms with E-state index in [1.807, 2.05) is 27.7 Å². The number of carbonyl (C=O) groups is 1. The number of esters is 1. The molecule has 0 saturated carbocycles. The van der Waals surface area contributed by atoms with Crippen LogP contribution in [0.2, 0.25) is 0 Å². The van der Waals surface area contributed by atoms with E-state index in [2.05, 4.69) is 0 Å². The Labute approximate surface area is 74.3 Å². The molecule has 2 N–H and O–H groups in total. The summed E-state index contributed by atoms with van der Waals surface area (Å²) in [6, 6.07) is 0. The molecule has 0 aromatic carbocycles. The van der Waals surface area contributed by atoms with Crippen molar-refractivity contribution >= 4 is 5.97 Å². The van der Waals surface area contributed by atoms with Crippen molar-refractivity contribution in [1.82, 2.24) is 0 Å². The SMILES string of the molecule is CC(CN)CC(=O)OC(C)(C)C. The third-order valence-electron chi connectivity index (χ3n) is 1.34. The Kier molecular flexibility index (Phi) is 4.24. The predicted molar refractivity (Wildman–Crippen MR) is 48.7 cm³/mol. The van der Waals surface area contributed by atoms with Crippen molar-refractivity contribution in [3.8, 4) is 0 Å². The maximum Gasteiger partial charge on any atom is 0.306 e. The standard InChI is InChI=1S/C9H19NO2/c1-7(6-10)5-8(11)12-9(2,3)4/h7H,5-6,10H2,1-4H3. The van der Waals surface area contributed by atoms with Crippen LogP contribution in [-0.2, 0) is 9.53 Å². The number of hydrogen-bond donors (Lipinski definition) is 1. The molecule has 0 heterocycles. The number of hydrogen-bond acceptors (Lipinski definition) is 3. The monoisotopic (exact) mass is 173 g/mol. The van der Waals surface area contributed by atoms with Crippen molar-refractivity contribution in [2.75, 3.05) is 6.54 Å². The first kappa shape index (κ1) is 11.4. The van der Waals surface area contributed by atoms with Crippen LogP contribution >= 0.6 is 0 Å². The van der Waals surface area contributed by atoms with Gasteiger partial charge in [0.05, 0.1) is 0 Å². The fourth-order valence-corrected chi connectivity index (χ4v) is 0.751. The van der Waals surface area contributed by atoms with Crippen LogP contribution in [0, 0.1) is 5.92 Å². The van der Waals surface area contributed by atoms with Gasteiger partial charge < -0.3 is 10.5 Å². The second-order valence-corrected chi connectivity index (χ2v) is 4.13. The van der Waals surface area contributed by atoms with Gasteiger partial charge in [-0.25, -0.2) is 0 Å². The third-order valence-corrected chi connectivity index (χ3v) is 1.34. The lowest BCUT2D eigenvalue weighted by Gasteiger charge is -2.20. The van der Waals surface area contributed by atoms with Gasteiger partial charge in [-0.05, 0) is 33.2 Å². The number of rotatable bonds is 3. The molecular formula is C9H19NO2. The Morgan fingerprint density at radius 1 is 1.50 bits per heavy atom. The lowest BCUT2D eigenvalue weighted by Crippen LogP contribution is -2.26. The van der Waals surface area contributed by atoms with E-state index in [4.69, 9.17) is 10.5 Å². The van der Waals surface area contributed by atoms with E-state index in [9.17, 15) is 4.79 Å². The molecule has 0 aromatic heterocycles. The quantitative estimate of drug-likeness (QED) is 0.655. The fourth-order valence-electron chi connectivity index (χ4n) is 0.751. The van der Waals surface area contributed by atoms with Crippen molar-refractivity contribution in [1.29, 1.82) is 0 Å². The van der Waals surface area contributed by atoms with Gasteiger partial charge in [-0.15, -0.1) is 0 Å². The minimum absolute atomic E-state index is 0.166. The van der Waals surface area contributed by atoms with Gasteiger partial charge >= 0.3 is 5.97 Å². The van der Waals surface area contributed by atoms with Crippen LogP contribution in [0.4, 0.5) is 0 Å². The van der Waals surface area contributed by atoms with Gasteiger partial charge in [0.15, 0.2) is 0 Å². The average Bonchev–Trinajstić information content (AvgIpc) is 1.82. The smallest absolute Gasteiger partial charge is 0.306 e. The molecule has 72 valence electrons. The van der Waals surface area contributed by atoms with Gasteiger partial charge in [0.2, 0.25) is 0 Å². The predicted octanol–water partition coefficient (Wildman–Crippen LogP) is 1.31. The average molecular weight is 173 g/mol. The summed E-state index contributed by atoms with van der Waals surface area (Å²) >= 11 is 0. The van der Waals surface area contributed by atoms with Gasteiger partial charge in [-0.2, -0.15) is 0 Å². The Hall–Kier alpha value is -0.570. The first-order valence-corrected chi connectivity index (χ1v) is 4.27. The molecule has 0 aliphatic rings. The van der Waals surface area contributed by atoms with E-state index in [0.717, 1.165) is 0 Å². The third kappa shape index (κ3) is 6.16. The summed E-state index contributed by atoms with van der Waals surface area (Å²) in [5.41, 5.74) is 4.99. The van der Waals surface area contributed by atoms with Gasteiger partial charge in [-0.1, -0.05) is 6.92 Å². The van der Waals surface area contributed by atoms with Gasteiger partial charge in [-0.3, -0.25) is 4.79 Å². The molecule has 3 heteroatoms. The molecule has 0 radical (unpaired) electrons. The largest absolute Gasteiger partial charge is 0.460 e. The van der Waals surface area contributed by atoms with Crippen LogP contribution in [0.3, 0.4) is 0 Å². The van der Waals surface area contributed by atoms with Crippen LogP contribution in [0.25, 0.3) is 0 Å². The number of carbonyl (C=O) groups excluding carboxylic acids is 1. The van der Waals surface area contributed by atoms with Crippen LogP contribution < -0.4 is 5.73 Å². The molecule has 0 bridgehead atoms. The van der Waals surface area contributed by atoms with Crippen LogP contribution in [0.1, 0.15) is 34.1 Å². The summed E-state index contributed by atoms with van der Waals surface area (Å²) in [6.07, 6.45) is 0.410. The van der Waals surface area contributed by atoms with Gasteiger partial charge in [0.25, 0.3) is 0 Å². The normalized spacial score (nSPS) is 14.1. The molecule has 0 amide bonds. The van der Waals surface area contributed by atoms with Crippen molar-refractivity contribution in [3.63, 3.8) is 0 Å². The zero-order chi connectivity index (χ0) is 9.78. The molecule has 0 saturated heterocycles.